The molecule has 0 radical (unpaired) electrons. The SMILES string of the molecule is Cl.O=C(O)COc1cccc(Cc2ncc[nH]2)c1. The summed E-state index contributed by atoms with van der Waals surface area (Å²) in [5.41, 5.74) is 1.02. The highest BCUT2D eigenvalue weighted by molar-refractivity contribution is 5.85. The van der Waals surface area contributed by atoms with E-state index in [1.54, 1.807) is 18.5 Å². The molecule has 0 saturated carbocycles. The summed E-state index contributed by atoms with van der Waals surface area (Å²) in [7, 11) is 0. The van der Waals surface area contributed by atoms with Gasteiger partial charge in [-0.2, -0.15) is 0 Å². The Hall–Kier alpha value is -2.01. The van der Waals surface area contributed by atoms with Crippen molar-refractivity contribution in [1.82, 2.24) is 9.97 Å². The molecule has 2 aromatic rings. The van der Waals surface area contributed by atoms with E-state index in [1.165, 1.54) is 0 Å². The maximum Gasteiger partial charge on any atom is 0.341 e. The smallest absolute Gasteiger partial charge is 0.341 e. The molecule has 1 aromatic heterocycles. The molecule has 0 spiro atoms. The molecule has 0 saturated heterocycles. The van der Waals surface area contributed by atoms with E-state index in [4.69, 9.17) is 9.84 Å². The fourth-order valence-corrected chi connectivity index (χ4v) is 1.48. The molecule has 1 heterocycles. The fraction of sp³-hybridized carbons (Fsp3) is 0.167. The van der Waals surface area contributed by atoms with Crippen LogP contribution in [0.2, 0.25) is 0 Å². The number of H-pyrrole nitrogens is 1. The second kappa shape index (κ2) is 6.66. The molecule has 0 bridgehead atoms. The normalized spacial score (nSPS) is 9.56. The Bertz CT molecular complexity index is 500. The van der Waals surface area contributed by atoms with Gasteiger partial charge < -0.3 is 14.8 Å². The molecular formula is C12H13ClN2O3. The Kier molecular flexibility index (Phi) is 5.20. The first kappa shape index (κ1) is 14.1. The molecule has 0 unspecified atom stereocenters. The highest BCUT2D eigenvalue weighted by atomic mass is 35.5. The molecule has 0 atom stereocenters. The summed E-state index contributed by atoms with van der Waals surface area (Å²) in [6.45, 7) is -0.329. The zero-order chi connectivity index (χ0) is 12.1. The second-order valence-electron chi connectivity index (χ2n) is 3.54. The molecule has 2 N–H and O–H groups in total. The maximum absolute atomic E-state index is 10.4. The van der Waals surface area contributed by atoms with Crippen LogP contribution in [0, 0.1) is 0 Å². The van der Waals surface area contributed by atoms with Gasteiger partial charge in [0.05, 0.1) is 0 Å². The summed E-state index contributed by atoms with van der Waals surface area (Å²) in [6, 6.07) is 7.31. The third-order valence-corrected chi connectivity index (χ3v) is 2.19. The number of aliphatic carboxylic acids is 1. The van der Waals surface area contributed by atoms with E-state index >= 15 is 0 Å². The molecule has 0 amide bonds. The first-order valence-electron chi connectivity index (χ1n) is 5.16. The van der Waals surface area contributed by atoms with Crippen LogP contribution in [-0.4, -0.2) is 27.7 Å². The van der Waals surface area contributed by atoms with Crippen molar-refractivity contribution in [3.63, 3.8) is 0 Å². The Labute approximate surface area is 110 Å². The summed E-state index contributed by atoms with van der Waals surface area (Å²) in [4.78, 5) is 17.5. The number of rotatable bonds is 5. The van der Waals surface area contributed by atoms with Gasteiger partial charge >= 0.3 is 5.97 Å². The minimum Gasteiger partial charge on any atom is -0.482 e. The number of imidazole rings is 1. The summed E-state index contributed by atoms with van der Waals surface area (Å²) in [6.07, 6.45) is 4.12. The first-order valence-corrected chi connectivity index (χ1v) is 5.16. The highest BCUT2D eigenvalue weighted by Crippen LogP contribution is 2.15. The van der Waals surface area contributed by atoms with Gasteiger partial charge in [-0.05, 0) is 17.7 Å². The van der Waals surface area contributed by atoms with Crippen molar-refractivity contribution in [1.29, 1.82) is 0 Å². The lowest BCUT2D eigenvalue weighted by Gasteiger charge is -2.05. The topological polar surface area (TPSA) is 75.2 Å². The molecule has 18 heavy (non-hydrogen) atoms. The summed E-state index contributed by atoms with van der Waals surface area (Å²) >= 11 is 0. The van der Waals surface area contributed by atoms with Crippen LogP contribution in [-0.2, 0) is 11.2 Å². The minimum absolute atomic E-state index is 0. The number of hydrogen-bond donors (Lipinski definition) is 2. The van der Waals surface area contributed by atoms with Gasteiger partial charge in [0.2, 0.25) is 0 Å². The number of benzene rings is 1. The predicted molar refractivity (Wildman–Crippen MR) is 68.2 cm³/mol. The number of nitrogens with one attached hydrogen (secondary N) is 1. The van der Waals surface area contributed by atoms with Crippen molar-refractivity contribution in [2.75, 3.05) is 6.61 Å². The average Bonchev–Trinajstić information content (AvgIpc) is 2.80. The molecule has 0 aliphatic heterocycles. The van der Waals surface area contributed by atoms with E-state index in [9.17, 15) is 4.79 Å². The van der Waals surface area contributed by atoms with Gasteiger partial charge in [0, 0.05) is 18.8 Å². The molecule has 96 valence electrons. The Morgan fingerprint density at radius 3 is 2.94 bits per heavy atom. The maximum atomic E-state index is 10.4. The van der Waals surface area contributed by atoms with Gasteiger partial charge in [0.25, 0.3) is 0 Å². The molecule has 0 aliphatic carbocycles. The van der Waals surface area contributed by atoms with Crippen molar-refractivity contribution in [2.24, 2.45) is 0 Å². The van der Waals surface area contributed by atoms with Gasteiger partial charge in [-0.3, -0.25) is 0 Å². The molecule has 5 nitrogen and oxygen atoms in total. The third kappa shape index (κ3) is 4.10. The Balaban J connectivity index is 0.00000162. The molecule has 2 rings (SSSR count). The number of ether oxygens (including phenoxy) is 1. The van der Waals surface area contributed by atoms with Gasteiger partial charge in [0.1, 0.15) is 11.6 Å². The Morgan fingerprint density at radius 2 is 2.28 bits per heavy atom. The minimum atomic E-state index is -0.985. The number of carboxylic acid groups (broad SMARTS) is 1. The average molecular weight is 269 g/mol. The van der Waals surface area contributed by atoms with Crippen LogP contribution in [0.5, 0.6) is 5.75 Å². The summed E-state index contributed by atoms with van der Waals surface area (Å²) < 4.78 is 5.10. The van der Waals surface area contributed by atoms with E-state index in [2.05, 4.69) is 9.97 Å². The molecule has 1 aromatic carbocycles. The van der Waals surface area contributed by atoms with Crippen LogP contribution in [0.15, 0.2) is 36.7 Å². The molecular weight excluding hydrogens is 256 g/mol. The zero-order valence-corrected chi connectivity index (χ0v) is 10.3. The van der Waals surface area contributed by atoms with Crippen LogP contribution in [0.3, 0.4) is 0 Å². The zero-order valence-electron chi connectivity index (χ0n) is 9.50. The number of halogens is 1. The Morgan fingerprint density at radius 1 is 1.44 bits per heavy atom. The number of aromatic amines is 1. The molecule has 0 aliphatic rings. The van der Waals surface area contributed by atoms with Gasteiger partial charge in [0.15, 0.2) is 6.61 Å². The van der Waals surface area contributed by atoms with Crippen molar-refractivity contribution in [3.8, 4) is 5.75 Å². The van der Waals surface area contributed by atoms with Crippen LogP contribution in [0.1, 0.15) is 11.4 Å². The second-order valence-corrected chi connectivity index (χ2v) is 3.54. The van der Waals surface area contributed by atoms with Gasteiger partial charge in [-0.1, -0.05) is 12.1 Å². The van der Waals surface area contributed by atoms with E-state index in [0.717, 1.165) is 11.4 Å². The number of aromatic nitrogens is 2. The monoisotopic (exact) mass is 268 g/mol. The third-order valence-electron chi connectivity index (χ3n) is 2.19. The molecule has 0 fully saturated rings. The van der Waals surface area contributed by atoms with Crippen LogP contribution in [0.25, 0.3) is 0 Å². The number of nitrogens with zero attached hydrogens (tertiary/aromatic N) is 1. The van der Waals surface area contributed by atoms with E-state index in [-0.39, 0.29) is 19.0 Å². The molecule has 6 heteroatoms. The number of carboxylic acids is 1. The summed E-state index contributed by atoms with van der Waals surface area (Å²) in [5.74, 6) is 0.429. The standard InChI is InChI=1S/C12H12N2O3.ClH/c15-12(16)8-17-10-3-1-2-9(6-10)7-11-13-4-5-14-11;/h1-6H,7-8H2,(H,13,14)(H,15,16);1H. The van der Waals surface area contributed by atoms with E-state index < -0.39 is 5.97 Å². The fourth-order valence-electron chi connectivity index (χ4n) is 1.48. The van der Waals surface area contributed by atoms with Crippen molar-refractivity contribution >= 4 is 18.4 Å². The number of carbonyl (C=O) groups is 1. The largest absolute Gasteiger partial charge is 0.482 e. The van der Waals surface area contributed by atoms with Crippen LogP contribution < -0.4 is 4.74 Å². The van der Waals surface area contributed by atoms with E-state index in [0.29, 0.717) is 12.2 Å². The lowest BCUT2D eigenvalue weighted by atomic mass is 10.1. The summed E-state index contributed by atoms with van der Waals surface area (Å²) in [5, 5.41) is 8.51. The van der Waals surface area contributed by atoms with Crippen molar-refractivity contribution in [2.45, 2.75) is 6.42 Å². The highest BCUT2D eigenvalue weighted by Gasteiger charge is 2.02. The lowest BCUT2D eigenvalue weighted by molar-refractivity contribution is -0.139. The quantitative estimate of drug-likeness (QED) is 0.868. The van der Waals surface area contributed by atoms with Crippen molar-refractivity contribution < 1.29 is 14.6 Å². The van der Waals surface area contributed by atoms with Gasteiger partial charge in [-0.25, -0.2) is 9.78 Å². The van der Waals surface area contributed by atoms with E-state index in [1.807, 2.05) is 18.2 Å². The predicted octanol–water partition coefficient (Wildman–Crippen LogP) is 1.89. The van der Waals surface area contributed by atoms with Crippen LogP contribution >= 0.6 is 12.4 Å². The van der Waals surface area contributed by atoms with Crippen LogP contribution in [0.4, 0.5) is 0 Å². The number of hydrogen-bond acceptors (Lipinski definition) is 3. The lowest BCUT2D eigenvalue weighted by Crippen LogP contribution is -2.09. The van der Waals surface area contributed by atoms with Gasteiger partial charge in [-0.15, -0.1) is 12.4 Å². The van der Waals surface area contributed by atoms with Crippen molar-refractivity contribution in [3.05, 3.63) is 48.0 Å². The first-order chi connectivity index (χ1) is 8.24.